The fourth-order valence-corrected chi connectivity index (χ4v) is 2.71. The number of imidazole rings is 1. The predicted molar refractivity (Wildman–Crippen MR) is 97.6 cm³/mol. The van der Waals surface area contributed by atoms with Crippen LogP contribution in [0.15, 0.2) is 42.7 Å². The Morgan fingerprint density at radius 2 is 2.00 bits per heavy atom. The van der Waals surface area contributed by atoms with Crippen molar-refractivity contribution in [2.75, 3.05) is 5.32 Å². The van der Waals surface area contributed by atoms with Gasteiger partial charge in [-0.25, -0.2) is 14.4 Å². The Labute approximate surface area is 153 Å². The van der Waals surface area contributed by atoms with E-state index in [-0.39, 0.29) is 17.4 Å². The molecule has 0 radical (unpaired) electrons. The standard InChI is InChI=1S/C18H16FN7O/c1-10(2)26-9-20-25-17(26)13-7-4-8-14(21-13)23-18(27)16-22-12-6-3-5-11(19)15(12)24-16/h3-10H,1-2H3,(H,22,24)(H,21,23,27). The van der Waals surface area contributed by atoms with Crippen LogP contribution in [-0.2, 0) is 0 Å². The fourth-order valence-electron chi connectivity index (χ4n) is 2.71. The number of halogens is 1. The van der Waals surface area contributed by atoms with Crippen molar-refractivity contribution in [3.05, 3.63) is 54.4 Å². The first-order valence-corrected chi connectivity index (χ1v) is 8.35. The lowest BCUT2D eigenvalue weighted by Gasteiger charge is -2.10. The van der Waals surface area contributed by atoms with E-state index in [0.717, 1.165) is 0 Å². The molecule has 3 heterocycles. The highest BCUT2D eigenvalue weighted by molar-refractivity contribution is 6.03. The molecular formula is C18H16FN7O. The average Bonchev–Trinajstić information content (AvgIpc) is 3.30. The Kier molecular flexibility index (Phi) is 4.11. The lowest BCUT2D eigenvalue weighted by atomic mass is 10.3. The lowest BCUT2D eigenvalue weighted by Crippen LogP contribution is -2.15. The molecule has 0 saturated carbocycles. The van der Waals surface area contributed by atoms with Gasteiger partial charge < -0.3 is 14.9 Å². The first-order valence-electron chi connectivity index (χ1n) is 8.35. The molecule has 0 fully saturated rings. The van der Waals surface area contributed by atoms with Crippen molar-refractivity contribution >= 4 is 22.8 Å². The molecule has 1 aromatic carbocycles. The summed E-state index contributed by atoms with van der Waals surface area (Å²) >= 11 is 0. The molecule has 0 aliphatic heterocycles. The Bertz CT molecular complexity index is 1130. The first-order chi connectivity index (χ1) is 13.0. The number of aromatic amines is 1. The van der Waals surface area contributed by atoms with E-state index >= 15 is 0 Å². The maximum atomic E-state index is 13.8. The maximum Gasteiger partial charge on any atom is 0.292 e. The Morgan fingerprint density at radius 1 is 1.19 bits per heavy atom. The Balaban J connectivity index is 1.61. The summed E-state index contributed by atoms with van der Waals surface area (Å²) in [7, 11) is 0. The minimum atomic E-state index is -0.513. The number of carbonyl (C=O) groups excluding carboxylic acids is 1. The van der Waals surface area contributed by atoms with E-state index in [4.69, 9.17) is 0 Å². The van der Waals surface area contributed by atoms with Crippen molar-refractivity contribution in [3.63, 3.8) is 0 Å². The van der Waals surface area contributed by atoms with E-state index in [9.17, 15) is 9.18 Å². The summed E-state index contributed by atoms with van der Waals surface area (Å²) in [4.78, 5) is 23.7. The number of aromatic nitrogens is 6. The van der Waals surface area contributed by atoms with Gasteiger partial charge in [0, 0.05) is 6.04 Å². The molecule has 0 bridgehead atoms. The van der Waals surface area contributed by atoms with Crippen LogP contribution in [0.4, 0.5) is 10.2 Å². The number of rotatable bonds is 4. The highest BCUT2D eigenvalue weighted by Gasteiger charge is 2.16. The van der Waals surface area contributed by atoms with Crippen LogP contribution in [0.25, 0.3) is 22.6 Å². The van der Waals surface area contributed by atoms with Crippen molar-refractivity contribution < 1.29 is 9.18 Å². The van der Waals surface area contributed by atoms with Gasteiger partial charge in [-0.3, -0.25) is 4.79 Å². The number of carbonyl (C=O) groups is 1. The SMILES string of the molecule is CC(C)n1cnnc1-c1cccc(NC(=O)c2nc3cccc(F)c3[nH]2)n1. The molecule has 0 atom stereocenters. The van der Waals surface area contributed by atoms with Gasteiger partial charge in [-0.2, -0.15) is 0 Å². The second-order valence-electron chi connectivity index (χ2n) is 6.24. The lowest BCUT2D eigenvalue weighted by molar-refractivity contribution is 0.101. The second kappa shape index (κ2) is 6.60. The second-order valence-corrected chi connectivity index (χ2v) is 6.24. The molecule has 0 spiro atoms. The van der Waals surface area contributed by atoms with E-state index in [2.05, 4.69) is 30.5 Å². The van der Waals surface area contributed by atoms with Gasteiger partial charge in [0.15, 0.2) is 11.6 Å². The third-order valence-electron chi connectivity index (χ3n) is 4.03. The topological polar surface area (TPSA) is 101 Å². The minimum absolute atomic E-state index is 0.00708. The van der Waals surface area contributed by atoms with Gasteiger partial charge in [0.05, 0.1) is 5.52 Å². The number of nitrogens with zero attached hydrogens (tertiary/aromatic N) is 5. The summed E-state index contributed by atoms with van der Waals surface area (Å²) in [6, 6.07) is 9.84. The van der Waals surface area contributed by atoms with Gasteiger partial charge in [-0.15, -0.1) is 10.2 Å². The molecular weight excluding hydrogens is 349 g/mol. The minimum Gasteiger partial charge on any atom is -0.331 e. The summed E-state index contributed by atoms with van der Waals surface area (Å²) in [5.74, 6) is -0.0379. The molecule has 0 aliphatic carbocycles. The van der Waals surface area contributed by atoms with E-state index in [1.807, 2.05) is 18.4 Å². The number of benzene rings is 1. The van der Waals surface area contributed by atoms with Crippen molar-refractivity contribution in [1.82, 2.24) is 29.7 Å². The molecule has 27 heavy (non-hydrogen) atoms. The van der Waals surface area contributed by atoms with E-state index in [1.54, 1.807) is 30.6 Å². The van der Waals surface area contributed by atoms with Crippen molar-refractivity contribution in [2.24, 2.45) is 0 Å². The highest BCUT2D eigenvalue weighted by atomic mass is 19.1. The molecule has 8 nitrogen and oxygen atoms in total. The van der Waals surface area contributed by atoms with E-state index in [1.165, 1.54) is 12.1 Å². The van der Waals surface area contributed by atoms with Gasteiger partial charge in [-0.05, 0) is 38.1 Å². The quantitative estimate of drug-likeness (QED) is 0.578. The number of hydrogen-bond donors (Lipinski definition) is 2. The molecule has 1 amide bonds. The third-order valence-corrected chi connectivity index (χ3v) is 4.03. The van der Waals surface area contributed by atoms with Crippen LogP contribution in [0.1, 0.15) is 30.5 Å². The largest absolute Gasteiger partial charge is 0.331 e. The zero-order valence-electron chi connectivity index (χ0n) is 14.6. The van der Waals surface area contributed by atoms with Gasteiger partial charge in [-0.1, -0.05) is 12.1 Å². The number of fused-ring (bicyclic) bond motifs is 1. The van der Waals surface area contributed by atoms with Crippen molar-refractivity contribution in [2.45, 2.75) is 19.9 Å². The van der Waals surface area contributed by atoms with Gasteiger partial charge in [0.25, 0.3) is 5.91 Å². The normalized spacial score (nSPS) is 11.3. The molecule has 4 aromatic rings. The molecule has 4 rings (SSSR count). The third kappa shape index (κ3) is 3.14. The Morgan fingerprint density at radius 3 is 2.78 bits per heavy atom. The first kappa shape index (κ1) is 16.8. The molecule has 9 heteroatoms. The molecule has 136 valence electrons. The number of H-pyrrole nitrogens is 1. The highest BCUT2D eigenvalue weighted by Crippen LogP contribution is 2.20. The zero-order valence-corrected chi connectivity index (χ0v) is 14.6. The summed E-state index contributed by atoms with van der Waals surface area (Å²) in [6.45, 7) is 4.03. The summed E-state index contributed by atoms with van der Waals surface area (Å²) in [6.07, 6.45) is 1.63. The number of para-hydroxylation sites is 1. The van der Waals surface area contributed by atoms with Crippen LogP contribution < -0.4 is 5.32 Å². The molecule has 0 aliphatic rings. The molecule has 0 unspecified atom stereocenters. The maximum absolute atomic E-state index is 13.8. The smallest absolute Gasteiger partial charge is 0.292 e. The monoisotopic (exact) mass is 365 g/mol. The number of nitrogens with one attached hydrogen (secondary N) is 2. The van der Waals surface area contributed by atoms with Crippen LogP contribution >= 0.6 is 0 Å². The van der Waals surface area contributed by atoms with Crippen molar-refractivity contribution in [3.8, 4) is 11.5 Å². The molecule has 0 saturated heterocycles. The molecule has 2 N–H and O–H groups in total. The van der Waals surface area contributed by atoms with Crippen LogP contribution in [0.2, 0.25) is 0 Å². The predicted octanol–water partition coefficient (Wildman–Crippen LogP) is 3.19. The van der Waals surface area contributed by atoms with Gasteiger partial charge >= 0.3 is 0 Å². The summed E-state index contributed by atoms with van der Waals surface area (Å²) in [5.41, 5.74) is 1.15. The Hall–Kier alpha value is -3.62. The number of pyridine rings is 1. The number of hydrogen-bond acceptors (Lipinski definition) is 5. The fraction of sp³-hybridized carbons (Fsp3) is 0.167. The summed E-state index contributed by atoms with van der Waals surface area (Å²) in [5, 5.41) is 10.7. The van der Waals surface area contributed by atoms with Crippen molar-refractivity contribution in [1.29, 1.82) is 0 Å². The van der Waals surface area contributed by atoms with E-state index < -0.39 is 11.7 Å². The van der Waals surface area contributed by atoms with Crippen LogP contribution in [0.5, 0.6) is 0 Å². The van der Waals surface area contributed by atoms with E-state index in [0.29, 0.717) is 22.9 Å². The number of amides is 1. The average molecular weight is 365 g/mol. The van der Waals surface area contributed by atoms with Gasteiger partial charge in [0.1, 0.15) is 29.2 Å². The number of anilines is 1. The van der Waals surface area contributed by atoms with Crippen LogP contribution in [0, 0.1) is 5.82 Å². The zero-order chi connectivity index (χ0) is 19.0. The van der Waals surface area contributed by atoms with Crippen LogP contribution in [0.3, 0.4) is 0 Å². The summed E-state index contributed by atoms with van der Waals surface area (Å²) < 4.78 is 15.7. The molecule has 3 aromatic heterocycles. The van der Waals surface area contributed by atoms with Crippen LogP contribution in [-0.4, -0.2) is 35.6 Å². The van der Waals surface area contributed by atoms with Gasteiger partial charge in [0.2, 0.25) is 0 Å².